The van der Waals surface area contributed by atoms with E-state index in [1.807, 2.05) is 38.1 Å². The summed E-state index contributed by atoms with van der Waals surface area (Å²) in [5.74, 6) is 0. The molecule has 120 valence electrons. The topological polar surface area (TPSA) is 77.0 Å². The molecule has 0 fully saturated rings. The van der Waals surface area contributed by atoms with Crippen molar-refractivity contribution in [3.05, 3.63) is 60.2 Å². The van der Waals surface area contributed by atoms with E-state index in [0.717, 1.165) is 0 Å². The summed E-state index contributed by atoms with van der Waals surface area (Å²) < 4.78 is 0. The predicted octanol–water partition coefficient (Wildman–Crippen LogP) is 2.55. The molecule has 0 spiro atoms. The van der Waals surface area contributed by atoms with Crippen molar-refractivity contribution in [2.75, 3.05) is 0 Å². The van der Waals surface area contributed by atoms with Gasteiger partial charge in [0.15, 0.2) is 0 Å². The summed E-state index contributed by atoms with van der Waals surface area (Å²) in [4.78, 5) is 30.4. The Morgan fingerprint density at radius 3 is 1.05 bits per heavy atom. The minimum atomic E-state index is 1.26. The molecule has 0 saturated heterocycles. The van der Waals surface area contributed by atoms with E-state index in [-0.39, 0.29) is 0 Å². The van der Waals surface area contributed by atoms with Crippen LogP contribution >= 0.6 is 13.4 Å². The van der Waals surface area contributed by atoms with Gasteiger partial charge < -0.3 is 28.0 Å². The SMILES string of the molecule is Cc1ccncc1.Cc1ccncc1.[Br][Re].[C-]=O.[C-]=O.[CH-]=O. The molecule has 0 atom stereocenters. The monoisotopic (exact) mass is 537 g/mol. The molecule has 5 nitrogen and oxygen atoms in total. The van der Waals surface area contributed by atoms with Crippen molar-refractivity contribution in [3.8, 4) is 0 Å². The molecule has 0 amide bonds. The Bertz CT molecular complexity index is 366. The molecule has 0 aliphatic carbocycles. The van der Waals surface area contributed by atoms with Gasteiger partial charge in [-0.05, 0) is 49.2 Å². The molecular weight excluding hydrogens is 522 g/mol. The summed E-state index contributed by atoms with van der Waals surface area (Å²) in [6, 6.07) is 7.89. The minimum Gasteiger partial charge on any atom is -0.573 e. The molecule has 2 rings (SSSR count). The number of carbonyl (C=O) groups excluding carboxylic acids is 3. The molecule has 22 heavy (non-hydrogen) atoms. The van der Waals surface area contributed by atoms with Gasteiger partial charge in [-0.25, -0.2) is 0 Å². The fourth-order valence-electron chi connectivity index (χ4n) is 0.853. The molecule has 2 aromatic heterocycles. The van der Waals surface area contributed by atoms with E-state index in [4.69, 9.17) is 14.4 Å². The quantitative estimate of drug-likeness (QED) is 0.382. The second-order valence-corrected chi connectivity index (χ2v) is 3.05. The van der Waals surface area contributed by atoms with Gasteiger partial charge in [-0.15, -0.1) is 0 Å². The first-order valence-electron chi connectivity index (χ1n) is 5.31. The predicted molar refractivity (Wildman–Crippen MR) is 85.0 cm³/mol. The van der Waals surface area contributed by atoms with Crippen LogP contribution in [0, 0.1) is 13.8 Å². The van der Waals surface area contributed by atoms with Gasteiger partial charge in [0, 0.05) is 24.8 Å². The molecule has 0 unspecified atom stereocenters. The fourth-order valence-corrected chi connectivity index (χ4v) is 0.853. The van der Waals surface area contributed by atoms with Crippen molar-refractivity contribution in [2.24, 2.45) is 0 Å². The zero-order valence-corrected chi connectivity index (χ0v) is 16.4. The standard InChI is InChI=1S/2C6H7N.CHO.2CO.BrH.Re/c2*1-6-2-4-7-5-3-6;3*1-2;;/h2*2-5H,1H3;1H;;;1H;/q;;3*-1;;+1/p-1. The maximum atomic E-state index is 7.75. The first-order chi connectivity index (χ1) is 10.8. The summed E-state index contributed by atoms with van der Waals surface area (Å²) in [5, 5.41) is 0. The maximum absolute atomic E-state index is 7.75. The van der Waals surface area contributed by atoms with Crippen LogP contribution < -0.4 is 0 Å². The van der Waals surface area contributed by atoms with E-state index in [2.05, 4.69) is 43.8 Å². The number of nitrogens with zero attached hydrogens (tertiary/aromatic N) is 2. The Kier molecular flexibility index (Phi) is 41.2. The molecule has 0 bridgehead atoms. The first kappa shape index (κ1) is 28.6. The summed E-state index contributed by atoms with van der Waals surface area (Å²) in [7, 11) is 0. The van der Waals surface area contributed by atoms with Crippen LogP contribution in [0.5, 0.6) is 0 Å². The second kappa shape index (κ2) is 31.7. The van der Waals surface area contributed by atoms with E-state index >= 15 is 0 Å². The van der Waals surface area contributed by atoms with Crippen molar-refractivity contribution in [1.29, 1.82) is 0 Å². The van der Waals surface area contributed by atoms with Gasteiger partial charge in [0.05, 0.1) is 0 Å². The number of aryl methyl sites for hydroxylation is 2. The molecule has 0 N–H and O–H groups in total. The third kappa shape index (κ3) is 26.9. The number of rotatable bonds is 0. The van der Waals surface area contributed by atoms with Crippen LogP contribution in [0.15, 0.2) is 49.1 Å². The van der Waals surface area contributed by atoms with Crippen LogP contribution in [0.4, 0.5) is 0 Å². The van der Waals surface area contributed by atoms with Crippen molar-refractivity contribution in [3.63, 3.8) is 0 Å². The maximum Gasteiger partial charge on any atom is -0.282 e. The molecule has 0 aliphatic heterocycles. The molecular formula is C15H15BrN2O3Re-3. The zero-order valence-electron chi connectivity index (χ0n) is 12.1. The number of hydrogen-bond acceptors (Lipinski definition) is 5. The molecule has 0 saturated carbocycles. The van der Waals surface area contributed by atoms with Gasteiger partial charge in [0.1, 0.15) is 0 Å². The molecule has 2 aromatic rings. The van der Waals surface area contributed by atoms with Gasteiger partial charge in [0.2, 0.25) is 0 Å². The summed E-state index contributed by atoms with van der Waals surface area (Å²) in [6.45, 7) is 16.3. The van der Waals surface area contributed by atoms with E-state index < -0.39 is 0 Å². The smallest absolute Gasteiger partial charge is 0.282 e. The molecule has 0 aromatic carbocycles. The van der Waals surface area contributed by atoms with E-state index in [9.17, 15) is 0 Å². The largest absolute Gasteiger partial charge is 0.573 e. The normalized spacial score (nSPS) is 6.36. The minimum absolute atomic E-state index is 1.26. The first-order valence-corrected chi connectivity index (χ1v) is 11.2. The molecule has 0 aliphatic rings. The van der Waals surface area contributed by atoms with Gasteiger partial charge in [0.25, 0.3) is 0 Å². The average molecular weight is 537 g/mol. The van der Waals surface area contributed by atoms with E-state index in [1.165, 1.54) is 28.3 Å². The summed E-state index contributed by atoms with van der Waals surface area (Å²) in [6.07, 6.45) is 7.15. The Morgan fingerprint density at radius 2 is 0.955 bits per heavy atom. The number of hydrogen-bond donors (Lipinski definition) is 0. The van der Waals surface area contributed by atoms with Crippen LogP contribution in [0.25, 0.3) is 0 Å². The van der Waals surface area contributed by atoms with Gasteiger partial charge >= 0.3 is 30.6 Å². The van der Waals surface area contributed by atoms with Crippen molar-refractivity contribution < 1.29 is 31.6 Å². The average Bonchev–Trinajstić information content (AvgIpc) is 2.64. The summed E-state index contributed by atoms with van der Waals surface area (Å²) >= 11 is 4.53. The van der Waals surface area contributed by atoms with Gasteiger partial charge in [-0.2, -0.15) is 0 Å². The Morgan fingerprint density at radius 1 is 0.773 bits per heavy atom. The van der Waals surface area contributed by atoms with E-state index in [1.54, 1.807) is 24.8 Å². The van der Waals surface area contributed by atoms with Crippen LogP contribution in [-0.2, 0) is 31.6 Å². The van der Waals surface area contributed by atoms with Crippen molar-refractivity contribution in [1.82, 2.24) is 9.97 Å². The third-order valence-electron chi connectivity index (χ3n) is 1.69. The number of pyridine rings is 2. The Hall–Kier alpha value is -1.55. The Labute approximate surface area is 149 Å². The molecule has 2 radical (unpaired) electrons. The van der Waals surface area contributed by atoms with Crippen molar-refractivity contribution >= 4 is 33.8 Å². The van der Waals surface area contributed by atoms with Crippen molar-refractivity contribution in [2.45, 2.75) is 13.8 Å². The fraction of sp³-hybridized carbons (Fsp3) is 0.133. The van der Waals surface area contributed by atoms with Gasteiger partial charge in [-0.1, -0.05) is 0 Å². The van der Waals surface area contributed by atoms with Gasteiger partial charge in [-0.3, -0.25) is 16.8 Å². The molecule has 7 heteroatoms. The zero-order chi connectivity index (χ0) is 18.2. The number of aromatic nitrogens is 2. The number of halogens is 1. The van der Waals surface area contributed by atoms with Crippen LogP contribution in [0.3, 0.4) is 0 Å². The van der Waals surface area contributed by atoms with Crippen LogP contribution in [0.2, 0.25) is 0 Å². The Balaban J connectivity index is -0.000000102. The second-order valence-electron chi connectivity index (χ2n) is 3.05. The molecule has 2 heterocycles. The summed E-state index contributed by atoms with van der Waals surface area (Å²) in [5.41, 5.74) is 2.52. The van der Waals surface area contributed by atoms with Crippen LogP contribution in [0.1, 0.15) is 11.1 Å². The van der Waals surface area contributed by atoms with E-state index in [0.29, 0.717) is 0 Å². The van der Waals surface area contributed by atoms with Crippen LogP contribution in [-0.4, -0.2) is 30.3 Å². The third-order valence-corrected chi connectivity index (χ3v) is 1.69.